The Morgan fingerprint density at radius 2 is 1.96 bits per heavy atom. The second-order valence-corrected chi connectivity index (χ2v) is 7.34. The fraction of sp³-hybridized carbons (Fsp3) is 0.526. The molecular weight excluding hydrogens is 303 g/mol. The molecule has 0 fully saturated rings. The van der Waals surface area contributed by atoms with Crippen LogP contribution in [-0.4, -0.2) is 36.9 Å². The molecule has 0 aromatic heterocycles. The highest BCUT2D eigenvalue weighted by Gasteiger charge is 2.36. The van der Waals surface area contributed by atoms with Crippen molar-refractivity contribution in [1.29, 1.82) is 0 Å². The van der Waals surface area contributed by atoms with Crippen LogP contribution in [0.1, 0.15) is 62.0 Å². The topological polar surface area (TPSA) is 55.8 Å². The molecule has 0 radical (unpaired) electrons. The third kappa shape index (κ3) is 4.08. The van der Waals surface area contributed by atoms with E-state index in [1.807, 2.05) is 26.0 Å². The van der Waals surface area contributed by atoms with Gasteiger partial charge in [-0.25, -0.2) is 4.79 Å². The Labute approximate surface area is 145 Å². The van der Waals surface area contributed by atoms with Gasteiger partial charge in [0.2, 0.25) is 0 Å². The van der Waals surface area contributed by atoms with Gasteiger partial charge in [0.1, 0.15) is 0 Å². The standard InChI is InChI=1S/C19H27BO4/c1-18(2,22)19(3,4)24-20-16-9-7-6-8-13-12-14(17(21)23-5)10-11-15(13)16/h9-12,20,22H,6-8H2,1-5H3. The zero-order valence-electron chi connectivity index (χ0n) is 15.3. The number of hydrogen-bond acceptors (Lipinski definition) is 4. The van der Waals surface area contributed by atoms with E-state index in [0.717, 1.165) is 35.9 Å². The molecule has 4 nitrogen and oxygen atoms in total. The second kappa shape index (κ2) is 7.12. The molecule has 0 amide bonds. The molecular formula is C19H27BO4. The number of allylic oxidation sites excluding steroid dienone is 1. The first-order chi connectivity index (χ1) is 11.2. The van der Waals surface area contributed by atoms with Gasteiger partial charge >= 0.3 is 13.5 Å². The number of benzene rings is 1. The van der Waals surface area contributed by atoms with E-state index in [2.05, 4.69) is 6.08 Å². The number of aliphatic hydroxyl groups is 1. The lowest BCUT2D eigenvalue weighted by atomic mass is 9.77. The van der Waals surface area contributed by atoms with Gasteiger partial charge in [0, 0.05) is 0 Å². The van der Waals surface area contributed by atoms with Crippen LogP contribution in [-0.2, 0) is 15.8 Å². The molecule has 0 bridgehead atoms. The van der Waals surface area contributed by atoms with Crippen molar-refractivity contribution in [3.8, 4) is 0 Å². The lowest BCUT2D eigenvalue weighted by Gasteiger charge is -2.38. The Morgan fingerprint density at radius 1 is 1.25 bits per heavy atom. The molecule has 130 valence electrons. The lowest BCUT2D eigenvalue weighted by Crippen LogP contribution is -2.48. The van der Waals surface area contributed by atoms with Gasteiger partial charge in [-0.05, 0) is 75.7 Å². The van der Waals surface area contributed by atoms with Crippen molar-refractivity contribution in [2.24, 2.45) is 0 Å². The molecule has 1 aliphatic rings. The summed E-state index contributed by atoms with van der Waals surface area (Å²) in [5.74, 6) is -0.313. The van der Waals surface area contributed by atoms with E-state index < -0.39 is 11.2 Å². The van der Waals surface area contributed by atoms with E-state index in [0.29, 0.717) is 13.0 Å². The molecule has 0 aliphatic heterocycles. The van der Waals surface area contributed by atoms with E-state index in [9.17, 15) is 9.90 Å². The summed E-state index contributed by atoms with van der Waals surface area (Å²) in [7, 11) is 1.83. The zero-order valence-corrected chi connectivity index (χ0v) is 15.3. The molecule has 0 saturated heterocycles. The largest absolute Gasteiger partial charge is 0.465 e. The summed E-state index contributed by atoms with van der Waals surface area (Å²) in [6.45, 7) is 7.30. The number of ether oxygens (including phenoxy) is 1. The summed E-state index contributed by atoms with van der Waals surface area (Å²) in [5.41, 5.74) is 2.35. The summed E-state index contributed by atoms with van der Waals surface area (Å²) in [4.78, 5) is 11.7. The van der Waals surface area contributed by atoms with E-state index in [1.54, 1.807) is 19.9 Å². The smallest absolute Gasteiger partial charge is 0.337 e. The Bertz CT molecular complexity index is 641. The monoisotopic (exact) mass is 330 g/mol. The van der Waals surface area contributed by atoms with Crippen LogP contribution in [0.25, 0.3) is 5.47 Å². The van der Waals surface area contributed by atoms with Gasteiger partial charge in [0.15, 0.2) is 0 Å². The minimum absolute atomic E-state index is 0.313. The van der Waals surface area contributed by atoms with Crippen molar-refractivity contribution in [3.63, 3.8) is 0 Å². The first-order valence-corrected chi connectivity index (χ1v) is 8.42. The van der Waals surface area contributed by atoms with Crippen LogP contribution < -0.4 is 0 Å². The van der Waals surface area contributed by atoms with Gasteiger partial charge < -0.3 is 14.5 Å². The molecule has 0 spiro atoms. The summed E-state index contributed by atoms with van der Waals surface area (Å²) in [6, 6.07) is 5.69. The third-order valence-corrected chi connectivity index (χ3v) is 4.98. The van der Waals surface area contributed by atoms with Crippen LogP contribution in [0.5, 0.6) is 0 Å². The molecule has 1 aliphatic carbocycles. The van der Waals surface area contributed by atoms with Crippen LogP contribution in [0.4, 0.5) is 0 Å². The van der Waals surface area contributed by atoms with Crippen LogP contribution in [0.15, 0.2) is 24.3 Å². The fourth-order valence-electron chi connectivity index (χ4n) is 2.61. The number of aryl methyl sites for hydroxylation is 1. The fourth-order valence-corrected chi connectivity index (χ4v) is 2.61. The number of rotatable bonds is 5. The predicted octanol–water partition coefficient (Wildman–Crippen LogP) is 3.07. The first kappa shape index (κ1) is 18.7. The van der Waals surface area contributed by atoms with Crippen molar-refractivity contribution >= 4 is 18.9 Å². The average molecular weight is 330 g/mol. The second-order valence-electron chi connectivity index (χ2n) is 7.34. The average Bonchev–Trinajstić information content (AvgIpc) is 2.72. The van der Waals surface area contributed by atoms with Crippen LogP contribution in [0.3, 0.4) is 0 Å². The molecule has 1 aromatic carbocycles. The van der Waals surface area contributed by atoms with Gasteiger partial charge in [0.05, 0.1) is 23.9 Å². The summed E-state index contributed by atoms with van der Waals surface area (Å²) >= 11 is 0. The Balaban J connectivity index is 2.24. The van der Waals surface area contributed by atoms with E-state index >= 15 is 0 Å². The van der Waals surface area contributed by atoms with Crippen LogP contribution in [0, 0.1) is 0 Å². The van der Waals surface area contributed by atoms with Crippen LogP contribution >= 0.6 is 0 Å². The van der Waals surface area contributed by atoms with Gasteiger partial charge in [-0.3, -0.25) is 0 Å². The van der Waals surface area contributed by atoms with Crippen molar-refractivity contribution in [1.82, 2.24) is 0 Å². The van der Waals surface area contributed by atoms with Gasteiger partial charge in [-0.2, -0.15) is 0 Å². The molecule has 24 heavy (non-hydrogen) atoms. The third-order valence-electron chi connectivity index (χ3n) is 4.98. The zero-order chi connectivity index (χ0) is 18.0. The van der Waals surface area contributed by atoms with Crippen molar-refractivity contribution < 1.29 is 19.3 Å². The number of methoxy groups -OCH3 is 1. The maximum absolute atomic E-state index is 11.7. The molecule has 5 heteroatoms. The minimum atomic E-state index is -0.935. The van der Waals surface area contributed by atoms with E-state index in [4.69, 9.17) is 9.39 Å². The maximum Gasteiger partial charge on any atom is 0.337 e. The summed E-state index contributed by atoms with van der Waals surface area (Å²) in [5, 5.41) is 10.3. The summed E-state index contributed by atoms with van der Waals surface area (Å²) < 4.78 is 10.8. The molecule has 0 saturated carbocycles. The number of hydrogen-bond donors (Lipinski definition) is 1. The Kier molecular flexibility index (Phi) is 5.56. The van der Waals surface area contributed by atoms with E-state index in [-0.39, 0.29) is 5.97 Å². The summed E-state index contributed by atoms with van der Waals surface area (Å²) in [6.07, 6.45) is 5.14. The minimum Gasteiger partial charge on any atom is -0.465 e. The Morgan fingerprint density at radius 3 is 2.58 bits per heavy atom. The molecule has 0 heterocycles. The lowest BCUT2D eigenvalue weighted by molar-refractivity contribution is -0.0892. The molecule has 1 N–H and O–H groups in total. The quantitative estimate of drug-likeness (QED) is 0.666. The van der Waals surface area contributed by atoms with Crippen molar-refractivity contribution in [2.45, 2.75) is 58.2 Å². The predicted molar refractivity (Wildman–Crippen MR) is 97.3 cm³/mol. The molecule has 1 aromatic rings. The van der Waals surface area contributed by atoms with Gasteiger partial charge in [-0.1, -0.05) is 12.1 Å². The van der Waals surface area contributed by atoms with E-state index in [1.165, 1.54) is 7.11 Å². The molecule has 0 atom stereocenters. The van der Waals surface area contributed by atoms with Crippen molar-refractivity contribution in [2.75, 3.05) is 7.11 Å². The van der Waals surface area contributed by atoms with Crippen molar-refractivity contribution in [3.05, 3.63) is 41.0 Å². The van der Waals surface area contributed by atoms with Gasteiger partial charge in [-0.15, -0.1) is 0 Å². The molecule has 0 unspecified atom stereocenters. The maximum atomic E-state index is 11.7. The first-order valence-electron chi connectivity index (χ1n) is 8.42. The Hall–Kier alpha value is -1.59. The highest BCUT2D eigenvalue weighted by Crippen LogP contribution is 2.30. The highest BCUT2D eigenvalue weighted by atomic mass is 16.5. The molecule has 2 rings (SSSR count). The normalized spacial score (nSPS) is 15.2. The highest BCUT2D eigenvalue weighted by molar-refractivity contribution is 6.55. The number of esters is 1. The number of carbonyl (C=O) groups is 1. The number of carbonyl (C=O) groups excluding carboxylic acids is 1. The number of fused-ring (bicyclic) bond motifs is 1. The van der Waals surface area contributed by atoms with Crippen LogP contribution in [0.2, 0.25) is 0 Å². The van der Waals surface area contributed by atoms with Gasteiger partial charge in [0.25, 0.3) is 0 Å². The SMILES string of the molecule is COC(=O)c1ccc2c(c1)CCCC=C2BOC(C)(C)C(C)(C)O.